The van der Waals surface area contributed by atoms with Crippen LogP contribution in [-0.2, 0) is 0 Å². The lowest BCUT2D eigenvalue weighted by Gasteiger charge is -1.95. The number of carboxylic acids is 1. The average molecular weight is 227 g/mol. The van der Waals surface area contributed by atoms with Crippen molar-refractivity contribution in [3.05, 3.63) is 41.2 Å². The van der Waals surface area contributed by atoms with Gasteiger partial charge in [0.1, 0.15) is 5.82 Å². The number of imidazole rings is 1. The Hall–Kier alpha value is -2.61. The van der Waals surface area contributed by atoms with Crippen molar-refractivity contribution >= 4 is 5.97 Å². The van der Waals surface area contributed by atoms with Gasteiger partial charge in [0.15, 0.2) is 5.69 Å². The highest BCUT2D eigenvalue weighted by Crippen LogP contribution is 2.18. The zero-order valence-electron chi connectivity index (χ0n) is 9.06. The molecule has 0 aliphatic carbocycles. The highest BCUT2D eigenvalue weighted by atomic mass is 16.4. The van der Waals surface area contributed by atoms with E-state index in [9.17, 15) is 4.79 Å². The van der Waals surface area contributed by atoms with Crippen LogP contribution in [0.1, 0.15) is 21.7 Å². The van der Waals surface area contributed by atoms with E-state index in [-0.39, 0.29) is 5.69 Å². The third kappa shape index (κ3) is 2.01. The summed E-state index contributed by atoms with van der Waals surface area (Å²) in [4.78, 5) is 17.7. The molecular formula is C12H9N3O2. The topological polar surface area (TPSA) is 89.8 Å². The number of nitriles is 1. The van der Waals surface area contributed by atoms with Crippen molar-refractivity contribution in [2.75, 3.05) is 0 Å². The Labute approximate surface area is 97.4 Å². The molecule has 0 spiro atoms. The van der Waals surface area contributed by atoms with Crippen LogP contribution in [-0.4, -0.2) is 21.0 Å². The van der Waals surface area contributed by atoms with E-state index in [1.165, 1.54) is 0 Å². The van der Waals surface area contributed by atoms with Crippen LogP contribution in [0, 0.1) is 18.3 Å². The van der Waals surface area contributed by atoms with Gasteiger partial charge in [-0.15, -0.1) is 0 Å². The number of aromatic nitrogens is 2. The Balaban J connectivity index is 2.43. The summed E-state index contributed by atoms with van der Waals surface area (Å²) in [6.45, 7) is 1.66. The average Bonchev–Trinajstić information content (AvgIpc) is 2.71. The summed E-state index contributed by atoms with van der Waals surface area (Å²) in [7, 11) is 0. The minimum Gasteiger partial charge on any atom is -0.476 e. The zero-order valence-corrected chi connectivity index (χ0v) is 9.06. The SMILES string of the molecule is Cc1[nH]c(-c2ccc(C#N)cc2)nc1C(=O)O. The summed E-state index contributed by atoms with van der Waals surface area (Å²) < 4.78 is 0. The first-order valence-corrected chi connectivity index (χ1v) is 4.92. The molecule has 2 N–H and O–H groups in total. The first-order chi connectivity index (χ1) is 8.11. The molecule has 0 fully saturated rings. The van der Waals surface area contributed by atoms with Crippen LogP contribution < -0.4 is 0 Å². The predicted molar refractivity (Wildman–Crippen MR) is 60.4 cm³/mol. The van der Waals surface area contributed by atoms with E-state index in [0.29, 0.717) is 17.1 Å². The summed E-state index contributed by atoms with van der Waals surface area (Å²) in [5, 5.41) is 17.6. The molecule has 0 radical (unpaired) electrons. The summed E-state index contributed by atoms with van der Waals surface area (Å²) in [6, 6.07) is 8.79. The number of rotatable bonds is 2. The van der Waals surface area contributed by atoms with Crippen LogP contribution in [0.4, 0.5) is 0 Å². The lowest BCUT2D eigenvalue weighted by molar-refractivity contribution is 0.0690. The van der Waals surface area contributed by atoms with E-state index in [1.54, 1.807) is 31.2 Å². The number of benzene rings is 1. The zero-order chi connectivity index (χ0) is 12.4. The molecule has 1 aromatic carbocycles. The van der Waals surface area contributed by atoms with Gasteiger partial charge in [-0.25, -0.2) is 9.78 Å². The molecular weight excluding hydrogens is 218 g/mol. The third-order valence-electron chi connectivity index (χ3n) is 2.37. The fraction of sp³-hybridized carbons (Fsp3) is 0.0833. The molecule has 2 rings (SSSR count). The number of nitrogens with one attached hydrogen (secondary N) is 1. The standard InChI is InChI=1S/C12H9N3O2/c1-7-10(12(16)17)15-11(14-7)9-4-2-8(6-13)3-5-9/h2-5H,1H3,(H,14,15)(H,16,17). The fourth-order valence-electron chi connectivity index (χ4n) is 1.51. The largest absolute Gasteiger partial charge is 0.476 e. The van der Waals surface area contributed by atoms with E-state index < -0.39 is 5.97 Å². The number of hydrogen-bond acceptors (Lipinski definition) is 3. The number of hydrogen-bond donors (Lipinski definition) is 2. The molecule has 0 saturated carbocycles. The molecule has 2 aromatic rings. The Morgan fingerprint density at radius 1 is 1.41 bits per heavy atom. The lowest BCUT2D eigenvalue weighted by Crippen LogP contribution is -1.98. The van der Waals surface area contributed by atoms with Crippen LogP contribution in [0.25, 0.3) is 11.4 Å². The van der Waals surface area contributed by atoms with Crippen molar-refractivity contribution in [2.24, 2.45) is 0 Å². The molecule has 17 heavy (non-hydrogen) atoms. The van der Waals surface area contributed by atoms with Gasteiger partial charge in [-0.3, -0.25) is 0 Å². The van der Waals surface area contributed by atoms with Gasteiger partial charge in [-0.2, -0.15) is 5.26 Å². The van der Waals surface area contributed by atoms with Gasteiger partial charge >= 0.3 is 5.97 Å². The van der Waals surface area contributed by atoms with Crippen molar-refractivity contribution in [2.45, 2.75) is 6.92 Å². The van der Waals surface area contributed by atoms with Crippen molar-refractivity contribution in [3.8, 4) is 17.5 Å². The van der Waals surface area contributed by atoms with Crippen molar-refractivity contribution in [1.82, 2.24) is 9.97 Å². The molecule has 84 valence electrons. The highest BCUT2D eigenvalue weighted by Gasteiger charge is 2.13. The molecule has 0 saturated heterocycles. The summed E-state index contributed by atoms with van der Waals surface area (Å²) in [5.41, 5.74) is 1.83. The summed E-state index contributed by atoms with van der Waals surface area (Å²) in [6.07, 6.45) is 0. The second kappa shape index (κ2) is 4.10. The normalized spacial score (nSPS) is 9.88. The van der Waals surface area contributed by atoms with Crippen LogP contribution >= 0.6 is 0 Å². The van der Waals surface area contributed by atoms with Gasteiger partial charge in [-0.1, -0.05) is 0 Å². The monoisotopic (exact) mass is 227 g/mol. The summed E-state index contributed by atoms with van der Waals surface area (Å²) in [5.74, 6) is -0.567. The Bertz CT molecular complexity index is 606. The van der Waals surface area contributed by atoms with Gasteiger partial charge in [0, 0.05) is 11.3 Å². The fourth-order valence-corrected chi connectivity index (χ4v) is 1.51. The van der Waals surface area contributed by atoms with Gasteiger partial charge in [0.25, 0.3) is 0 Å². The Kier molecular flexibility index (Phi) is 2.63. The van der Waals surface area contributed by atoms with E-state index in [4.69, 9.17) is 10.4 Å². The molecule has 0 aliphatic rings. The maximum Gasteiger partial charge on any atom is 0.356 e. The number of carbonyl (C=O) groups is 1. The predicted octanol–water partition coefficient (Wildman–Crippen LogP) is 1.95. The van der Waals surface area contributed by atoms with Gasteiger partial charge in [0.05, 0.1) is 11.6 Å². The van der Waals surface area contributed by atoms with Crippen LogP contribution in [0.5, 0.6) is 0 Å². The second-order valence-corrected chi connectivity index (χ2v) is 3.55. The molecule has 1 heterocycles. The second-order valence-electron chi connectivity index (χ2n) is 3.55. The Morgan fingerprint density at radius 2 is 2.06 bits per heavy atom. The molecule has 5 heteroatoms. The molecule has 0 bridgehead atoms. The lowest BCUT2D eigenvalue weighted by atomic mass is 10.1. The number of nitrogens with zero attached hydrogens (tertiary/aromatic N) is 2. The summed E-state index contributed by atoms with van der Waals surface area (Å²) >= 11 is 0. The van der Waals surface area contributed by atoms with Crippen molar-refractivity contribution in [3.63, 3.8) is 0 Å². The number of aromatic carboxylic acids is 1. The molecule has 5 nitrogen and oxygen atoms in total. The van der Waals surface area contributed by atoms with Crippen LogP contribution in [0.15, 0.2) is 24.3 Å². The van der Waals surface area contributed by atoms with E-state index in [2.05, 4.69) is 9.97 Å². The van der Waals surface area contributed by atoms with Crippen molar-refractivity contribution < 1.29 is 9.90 Å². The quantitative estimate of drug-likeness (QED) is 0.820. The Morgan fingerprint density at radius 3 is 2.53 bits per heavy atom. The smallest absolute Gasteiger partial charge is 0.356 e. The maximum absolute atomic E-state index is 10.8. The van der Waals surface area contributed by atoms with Crippen molar-refractivity contribution in [1.29, 1.82) is 5.26 Å². The van der Waals surface area contributed by atoms with E-state index in [1.807, 2.05) is 6.07 Å². The minimum atomic E-state index is -1.06. The van der Waals surface area contributed by atoms with Crippen LogP contribution in [0.3, 0.4) is 0 Å². The third-order valence-corrected chi connectivity index (χ3v) is 2.37. The number of H-pyrrole nitrogens is 1. The highest BCUT2D eigenvalue weighted by molar-refractivity contribution is 5.87. The maximum atomic E-state index is 10.8. The van der Waals surface area contributed by atoms with Gasteiger partial charge in [-0.05, 0) is 31.2 Å². The minimum absolute atomic E-state index is 0.0179. The molecule has 0 amide bonds. The first kappa shape index (κ1) is 10.9. The number of aromatic amines is 1. The van der Waals surface area contributed by atoms with Crippen LogP contribution in [0.2, 0.25) is 0 Å². The van der Waals surface area contributed by atoms with E-state index in [0.717, 1.165) is 5.56 Å². The number of carboxylic acid groups (broad SMARTS) is 1. The first-order valence-electron chi connectivity index (χ1n) is 4.92. The van der Waals surface area contributed by atoms with Gasteiger partial charge in [0.2, 0.25) is 0 Å². The number of aryl methyl sites for hydroxylation is 1. The van der Waals surface area contributed by atoms with E-state index >= 15 is 0 Å². The molecule has 0 aliphatic heterocycles. The molecule has 0 unspecified atom stereocenters. The van der Waals surface area contributed by atoms with Gasteiger partial charge < -0.3 is 10.1 Å². The molecule has 1 aromatic heterocycles. The molecule has 0 atom stereocenters.